The molecule has 0 radical (unpaired) electrons. The molecule has 2 aromatic carbocycles. The summed E-state index contributed by atoms with van der Waals surface area (Å²) in [6.07, 6.45) is 1.29. The topological polar surface area (TPSA) is 88.2 Å². The zero-order chi connectivity index (χ0) is 22.5. The molecule has 31 heavy (non-hydrogen) atoms. The number of nitrogens with zero attached hydrogens (tertiary/aromatic N) is 2. The lowest BCUT2D eigenvalue weighted by molar-refractivity contribution is -0.124. The average Bonchev–Trinajstić information content (AvgIpc) is 2.98. The van der Waals surface area contributed by atoms with Crippen molar-refractivity contribution in [2.24, 2.45) is 0 Å². The van der Waals surface area contributed by atoms with Crippen LogP contribution in [0.3, 0.4) is 0 Å². The summed E-state index contributed by atoms with van der Waals surface area (Å²) in [4.78, 5) is 41.0. The van der Waals surface area contributed by atoms with Crippen molar-refractivity contribution >= 4 is 40.8 Å². The van der Waals surface area contributed by atoms with Gasteiger partial charge in [-0.05, 0) is 24.3 Å². The van der Waals surface area contributed by atoms with Crippen LogP contribution in [0.25, 0.3) is 0 Å². The van der Waals surface area contributed by atoms with E-state index in [9.17, 15) is 14.4 Å². The number of hydrogen-bond donors (Lipinski definition) is 1. The van der Waals surface area contributed by atoms with Crippen LogP contribution in [0.5, 0.6) is 11.5 Å². The second-order valence-corrected chi connectivity index (χ2v) is 7.18. The van der Waals surface area contributed by atoms with E-state index in [1.54, 1.807) is 42.5 Å². The quantitative estimate of drug-likeness (QED) is 0.496. The highest BCUT2D eigenvalue weighted by atomic mass is 35.5. The molecule has 1 N–H and O–H groups in total. The molecular formula is C22H22ClN3O5. The van der Waals surface area contributed by atoms with Crippen LogP contribution in [-0.4, -0.2) is 49.6 Å². The molecule has 3 rings (SSSR count). The fourth-order valence-electron chi connectivity index (χ4n) is 3.28. The van der Waals surface area contributed by atoms with Crippen LogP contribution in [0, 0.1) is 0 Å². The Kier molecular flexibility index (Phi) is 6.81. The molecule has 0 aromatic heterocycles. The molecule has 1 heterocycles. The van der Waals surface area contributed by atoms with Gasteiger partial charge in [-0.15, -0.1) is 6.58 Å². The zero-order valence-corrected chi connectivity index (χ0v) is 17.9. The van der Waals surface area contributed by atoms with Gasteiger partial charge in [-0.25, -0.2) is 9.69 Å². The number of imide groups is 1. The van der Waals surface area contributed by atoms with Gasteiger partial charge in [-0.1, -0.05) is 17.7 Å². The summed E-state index contributed by atoms with van der Waals surface area (Å²) < 4.78 is 10.4. The van der Waals surface area contributed by atoms with Gasteiger partial charge in [-0.3, -0.25) is 9.59 Å². The number of halogens is 1. The normalized spacial score (nSPS) is 15.8. The molecular weight excluding hydrogens is 422 g/mol. The summed E-state index contributed by atoms with van der Waals surface area (Å²) >= 11 is 5.90. The molecule has 162 valence electrons. The number of amides is 4. The Morgan fingerprint density at radius 1 is 1.13 bits per heavy atom. The van der Waals surface area contributed by atoms with Crippen molar-refractivity contribution in [1.82, 2.24) is 4.90 Å². The minimum absolute atomic E-state index is 0.125. The van der Waals surface area contributed by atoms with Crippen LogP contribution in [-0.2, 0) is 9.59 Å². The van der Waals surface area contributed by atoms with Gasteiger partial charge in [0, 0.05) is 35.5 Å². The number of methoxy groups -OCH3 is 2. The summed E-state index contributed by atoms with van der Waals surface area (Å²) in [6, 6.07) is 9.78. The van der Waals surface area contributed by atoms with Crippen molar-refractivity contribution in [3.63, 3.8) is 0 Å². The van der Waals surface area contributed by atoms with E-state index < -0.39 is 23.9 Å². The molecule has 0 spiro atoms. The van der Waals surface area contributed by atoms with E-state index in [0.29, 0.717) is 27.9 Å². The van der Waals surface area contributed by atoms with E-state index >= 15 is 0 Å². The van der Waals surface area contributed by atoms with Crippen LogP contribution >= 0.6 is 11.6 Å². The summed E-state index contributed by atoms with van der Waals surface area (Å²) in [7, 11) is 3.00. The summed E-state index contributed by atoms with van der Waals surface area (Å²) in [6.45, 7) is 3.77. The van der Waals surface area contributed by atoms with Crippen LogP contribution in [0.4, 0.5) is 16.2 Å². The standard InChI is InChI=1S/C22H22ClN3O5/c1-4-9-25-19(21(28)26(22(25)29)16-7-5-14(23)6-8-16)13-20(27)24-15-10-17(30-2)12-18(11-15)31-3/h4-8,10-12,19H,1,9,13H2,2-3H3,(H,24,27)/t19-/m1/s1. The Balaban J connectivity index is 1.80. The number of benzene rings is 2. The Morgan fingerprint density at radius 3 is 2.29 bits per heavy atom. The van der Waals surface area contributed by atoms with E-state index in [1.165, 1.54) is 25.2 Å². The van der Waals surface area contributed by atoms with Crippen LogP contribution in [0.2, 0.25) is 5.02 Å². The first kappa shape index (κ1) is 22.2. The number of hydrogen-bond acceptors (Lipinski definition) is 5. The number of rotatable bonds is 8. The lowest BCUT2D eigenvalue weighted by atomic mass is 10.1. The molecule has 1 atom stereocenters. The molecule has 0 saturated carbocycles. The van der Waals surface area contributed by atoms with Gasteiger partial charge in [0.05, 0.1) is 26.3 Å². The van der Waals surface area contributed by atoms with Crippen molar-refractivity contribution in [1.29, 1.82) is 0 Å². The second kappa shape index (κ2) is 9.53. The highest BCUT2D eigenvalue weighted by molar-refractivity contribution is 6.30. The fraction of sp³-hybridized carbons (Fsp3) is 0.227. The third kappa shape index (κ3) is 4.80. The number of ether oxygens (including phenoxy) is 2. The van der Waals surface area contributed by atoms with E-state index in [0.717, 1.165) is 4.90 Å². The van der Waals surface area contributed by atoms with Crippen molar-refractivity contribution in [3.05, 3.63) is 60.1 Å². The molecule has 1 aliphatic rings. The molecule has 8 nitrogen and oxygen atoms in total. The maximum absolute atomic E-state index is 13.1. The van der Waals surface area contributed by atoms with Crippen molar-refractivity contribution in [2.45, 2.75) is 12.5 Å². The highest BCUT2D eigenvalue weighted by Gasteiger charge is 2.46. The SMILES string of the molecule is C=CCN1C(=O)N(c2ccc(Cl)cc2)C(=O)[C@H]1CC(=O)Nc1cc(OC)cc(OC)c1. The number of urea groups is 1. The minimum Gasteiger partial charge on any atom is -0.497 e. The smallest absolute Gasteiger partial charge is 0.332 e. The fourth-order valence-corrected chi connectivity index (χ4v) is 3.40. The van der Waals surface area contributed by atoms with Crippen LogP contribution < -0.4 is 19.7 Å². The molecule has 4 amide bonds. The Morgan fingerprint density at radius 2 is 1.74 bits per heavy atom. The Labute approximate surface area is 185 Å². The van der Waals surface area contributed by atoms with Gasteiger partial charge < -0.3 is 19.7 Å². The number of carbonyl (C=O) groups excluding carboxylic acids is 3. The summed E-state index contributed by atoms with van der Waals surface area (Å²) in [5.74, 6) is 0.0777. The average molecular weight is 444 g/mol. The molecule has 0 aliphatic carbocycles. The van der Waals surface area contributed by atoms with Crippen molar-refractivity contribution < 1.29 is 23.9 Å². The van der Waals surface area contributed by atoms with Crippen LogP contribution in [0.1, 0.15) is 6.42 Å². The molecule has 1 fully saturated rings. The maximum atomic E-state index is 13.1. The lowest BCUT2D eigenvalue weighted by Crippen LogP contribution is -2.38. The van der Waals surface area contributed by atoms with Gasteiger partial charge in [0.15, 0.2) is 0 Å². The van der Waals surface area contributed by atoms with Gasteiger partial charge in [0.2, 0.25) is 5.91 Å². The lowest BCUT2D eigenvalue weighted by Gasteiger charge is -2.19. The summed E-state index contributed by atoms with van der Waals surface area (Å²) in [5, 5.41) is 3.21. The molecule has 9 heteroatoms. The van der Waals surface area contributed by atoms with Gasteiger partial charge in [-0.2, -0.15) is 0 Å². The third-order valence-electron chi connectivity index (χ3n) is 4.74. The molecule has 0 bridgehead atoms. The first-order valence-corrected chi connectivity index (χ1v) is 9.79. The molecule has 1 saturated heterocycles. The number of anilines is 2. The first-order valence-electron chi connectivity index (χ1n) is 9.42. The summed E-state index contributed by atoms with van der Waals surface area (Å²) in [5.41, 5.74) is 0.830. The Hall–Kier alpha value is -3.52. The van der Waals surface area contributed by atoms with Gasteiger partial charge in [0.25, 0.3) is 5.91 Å². The number of carbonyl (C=O) groups is 3. The first-order chi connectivity index (χ1) is 14.9. The third-order valence-corrected chi connectivity index (χ3v) is 5.00. The van der Waals surface area contributed by atoms with Gasteiger partial charge >= 0.3 is 6.03 Å². The van der Waals surface area contributed by atoms with Crippen molar-refractivity contribution in [3.8, 4) is 11.5 Å². The van der Waals surface area contributed by atoms with E-state index in [4.69, 9.17) is 21.1 Å². The highest BCUT2D eigenvalue weighted by Crippen LogP contribution is 2.29. The van der Waals surface area contributed by atoms with Gasteiger partial charge in [0.1, 0.15) is 17.5 Å². The van der Waals surface area contributed by atoms with Crippen LogP contribution in [0.15, 0.2) is 55.1 Å². The largest absolute Gasteiger partial charge is 0.497 e. The molecule has 0 unspecified atom stereocenters. The maximum Gasteiger partial charge on any atom is 0.332 e. The van der Waals surface area contributed by atoms with E-state index in [-0.39, 0.29) is 13.0 Å². The number of nitrogens with one attached hydrogen (secondary N) is 1. The predicted octanol–water partition coefficient (Wildman–Crippen LogP) is 3.71. The van der Waals surface area contributed by atoms with E-state index in [2.05, 4.69) is 11.9 Å². The zero-order valence-electron chi connectivity index (χ0n) is 17.1. The molecule has 2 aromatic rings. The monoisotopic (exact) mass is 443 g/mol. The minimum atomic E-state index is -0.964. The van der Waals surface area contributed by atoms with E-state index in [1.807, 2.05) is 0 Å². The van der Waals surface area contributed by atoms with Crippen molar-refractivity contribution in [2.75, 3.05) is 31.0 Å². The molecule has 1 aliphatic heterocycles. The predicted molar refractivity (Wildman–Crippen MR) is 118 cm³/mol. The Bertz CT molecular complexity index is 986. The second-order valence-electron chi connectivity index (χ2n) is 6.74.